The van der Waals surface area contributed by atoms with Gasteiger partial charge in [0.25, 0.3) is 0 Å². The number of amides is 1. The van der Waals surface area contributed by atoms with E-state index in [1.54, 1.807) is 17.5 Å². The van der Waals surface area contributed by atoms with E-state index >= 15 is 0 Å². The number of hydrogen-bond acceptors (Lipinski definition) is 7. The number of nitrogens with zero attached hydrogens (tertiary/aromatic N) is 4. The molecular weight excluding hydrogens is 386 g/mol. The van der Waals surface area contributed by atoms with Crippen molar-refractivity contribution in [3.8, 4) is 10.6 Å². The third kappa shape index (κ3) is 4.50. The minimum atomic E-state index is -0.0743. The second kappa shape index (κ2) is 8.36. The van der Waals surface area contributed by atoms with Gasteiger partial charge in [-0.05, 0) is 43.0 Å². The average Bonchev–Trinajstić information content (AvgIpc) is 3.14. The van der Waals surface area contributed by atoms with Gasteiger partial charge in [0.05, 0.1) is 19.8 Å². The summed E-state index contributed by atoms with van der Waals surface area (Å²) in [7, 11) is 0. The molecule has 1 N–H and O–H groups in total. The van der Waals surface area contributed by atoms with Crippen molar-refractivity contribution < 1.29 is 9.53 Å². The number of hydrogen-bond donors (Lipinski definition) is 1. The summed E-state index contributed by atoms with van der Waals surface area (Å²) in [4.78, 5) is 18.9. The third-order valence-corrected chi connectivity index (χ3v) is 5.70. The number of carbonyl (C=O) groups excluding carboxylic acids is 1. The van der Waals surface area contributed by atoms with Gasteiger partial charge in [0.1, 0.15) is 15.8 Å². The molecule has 0 atom stereocenters. The lowest BCUT2D eigenvalue weighted by molar-refractivity contribution is -0.118. The highest BCUT2D eigenvalue weighted by Gasteiger charge is 2.15. The highest BCUT2D eigenvalue weighted by atomic mass is 32.1. The van der Waals surface area contributed by atoms with Crippen LogP contribution in [0.4, 0.5) is 5.82 Å². The molecule has 0 unspecified atom stereocenters. The zero-order chi connectivity index (χ0) is 20.4. The van der Waals surface area contributed by atoms with Crippen LogP contribution >= 0.6 is 11.3 Å². The second-order valence-corrected chi connectivity index (χ2v) is 8.34. The first kappa shape index (κ1) is 19.6. The lowest BCUT2D eigenvalue weighted by Crippen LogP contribution is -2.41. The van der Waals surface area contributed by atoms with E-state index < -0.39 is 0 Å². The fourth-order valence-corrected chi connectivity index (χ4v) is 4.04. The third-order valence-electron chi connectivity index (χ3n) is 4.81. The second-order valence-electron chi connectivity index (χ2n) is 7.16. The maximum absolute atomic E-state index is 12.4. The molecule has 1 aromatic carbocycles. The van der Waals surface area contributed by atoms with Crippen LogP contribution in [-0.2, 0) is 9.53 Å². The van der Waals surface area contributed by atoms with Gasteiger partial charge in [-0.25, -0.2) is 4.98 Å². The number of aryl methyl sites for hydroxylation is 1. The Morgan fingerprint density at radius 3 is 2.76 bits per heavy atom. The van der Waals surface area contributed by atoms with E-state index in [4.69, 9.17) is 4.74 Å². The first-order chi connectivity index (χ1) is 14.0. The van der Waals surface area contributed by atoms with Crippen LogP contribution in [0.5, 0.6) is 0 Å². The summed E-state index contributed by atoms with van der Waals surface area (Å²) in [5.41, 5.74) is 2.95. The standard InChI is InChI=1S/C21H23N5O2S/c1-13(2)17-9-16(21-25-24-14(3)29-21)8-15-10-19(22-11-18(15)17)23-20(27)12-26-4-6-28-7-5-26/h8-11H,1,4-7,12H2,2-3H3,(H,22,23,27). The van der Waals surface area contributed by atoms with Gasteiger partial charge in [-0.2, -0.15) is 0 Å². The average molecular weight is 410 g/mol. The molecule has 29 heavy (non-hydrogen) atoms. The maximum Gasteiger partial charge on any atom is 0.239 e. The van der Waals surface area contributed by atoms with Crippen molar-refractivity contribution in [1.29, 1.82) is 0 Å². The van der Waals surface area contributed by atoms with E-state index in [0.29, 0.717) is 25.6 Å². The van der Waals surface area contributed by atoms with Gasteiger partial charge in [0.15, 0.2) is 0 Å². The molecule has 3 aromatic rings. The molecule has 150 valence electrons. The van der Waals surface area contributed by atoms with E-state index in [9.17, 15) is 4.79 Å². The Morgan fingerprint density at radius 2 is 2.07 bits per heavy atom. The highest BCUT2D eigenvalue weighted by Crippen LogP contribution is 2.32. The van der Waals surface area contributed by atoms with Gasteiger partial charge in [-0.15, -0.1) is 10.2 Å². The molecule has 0 radical (unpaired) electrons. The number of nitrogens with one attached hydrogen (secondary N) is 1. The van der Waals surface area contributed by atoms with Crippen LogP contribution in [0, 0.1) is 6.92 Å². The summed E-state index contributed by atoms with van der Waals surface area (Å²) in [6.45, 7) is 11.2. The molecule has 1 aliphatic rings. The summed E-state index contributed by atoms with van der Waals surface area (Å²) < 4.78 is 5.33. The molecule has 3 heterocycles. The highest BCUT2D eigenvalue weighted by molar-refractivity contribution is 7.14. The largest absolute Gasteiger partial charge is 0.379 e. The molecule has 2 aromatic heterocycles. The Hall–Kier alpha value is -2.68. The van der Waals surface area contributed by atoms with Crippen molar-refractivity contribution in [2.45, 2.75) is 13.8 Å². The Labute approximate surface area is 173 Å². The fraction of sp³-hybridized carbons (Fsp3) is 0.333. The van der Waals surface area contributed by atoms with Crippen LogP contribution in [0.1, 0.15) is 17.5 Å². The first-order valence-electron chi connectivity index (χ1n) is 9.50. The summed E-state index contributed by atoms with van der Waals surface area (Å²) in [6, 6.07) is 6.03. The van der Waals surface area contributed by atoms with E-state index in [1.165, 1.54) is 0 Å². The number of allylic oxidation sites excluding steroid dienone is 1. The summed E-state index contributed by atoms with van der Waals surface area (Å²) in [5, 5.41) is 15.1. The Balaban J connectivity index is 1.63. The molecule has 0 saturated carbocycles. The van der Waals surface area contributed by atoms with Crippen molar-refractivity contribution in [3.05, 3.63) is 41.5 Å². The molecule has 0 bridgehead atoms. The van der Waals surface area contributed by atoms with E-state index in [0.717, 1.165) is 50.6 Å². The quantitative estimate of drug-likeness (QED) is 0.696. The molecule has 8 heteroatoms. The molecule has 1 aliphatic heterocycles. The summed E-state index contributed by atoms with van der Waals surface area (Å²) in [5.74, 6) is 0.462. The normalized spacial score (nSPS) is 14.8. The Kier molecular flexibility index (Phi) is 5.66. The first-order valence-corrected chi connectivity index (χ1v) is 10.3. The smallest absolute Gasteiger partial charge is 0.239 e. The number of morpholine rings is 1. The SMILES string of the molecule is C=C(C)c1cc(-c2nnc(C)s2)cc2cc(NC(=O)CN3CCOCC3)ncc12. The molecule has 1 fully saturated rings. The van der Waals surface area contributed by atoms with Gasteiger partial charge in [-0.3, -0.25) is 9.69 Å². The molecule has 1 amide bonds. The van der Waals surface area contributed by atoms with Crippen LogP contribution in [-0.4, -0.2) is 58.8 Å². The number of pyridine rings is 1. The van der Waals surface area contributed by atoms with Crippen molar-refractivity contribution in [2.75, 3.05) is 38.2 Å². The Morgan fingerprint density at radius 1 is 1.28 bits per heavy atom. The minimum absolute atomic E-state index is 0.0743. The predicted molar refractivity (Wildman–Crippen MR) is 116 cm³/mol. The number of carbonyl (C=O) groups is 1. The Bertz CT molecular complexity index is 1070. The van der Waals surface area contributed by atoms with Crippen molar-refractivity contribution in [1.82, 2.24) is 20.1 Å². The van der Waals surface area contributed by atoms with Gasteiger partial charge >= 0.3 is 0 Å². The van der Waals surface area contributed by atoms with Crippen LogP contribution in [0.2, 0.25) is 0 Å². The summed E-state index contributed by atoms with van der Waals surface area (Å²) in [6.07, 6.45) is 1.79. The molecule has 0 spiro atoms. The van der Waals surface area contributed by atoms with Crippen LogP contribution in [0.15, 0.2) is 31.0 Å². The zero-order valence-electron chi connectivity index (χ0n) is 16.6. The fourth-order valence-electron chi connectivity index (χ4n) is 3.36. The van der Waals surface area contributed by atoms with Gasteiger partial charge in [-0.1, -0.05) is 23.5 Å². The van der Waals surface area contributed by atoms with Gasteiger partial charge in [0, 0.05) is 30.2 Å². The zero-order valence-corrected chi connectivity index (χ0v) is 17.4. The predicted octanol–water partition coefficient (Wildman–Crippen LogP) is 3.37. The van der Waals surface area contributed by atoms with Crippen LogP contribution < -0.4 is 5.32 Å². The van der Waals surface area contributed by atoms with E-state index in [1.807, 2.05) is 19.9 Å². The monoisotopic (exact) mass is 409 g/mol. The van der Waals surface area contributed by atoms with Crippen molar-refractivity contribution in [2.24, 2.45) is 0 Å². The minimum Gasteiger partial charge on any atom is -0.379 e. The topological polar surface area (TPSA) is 80.2 Å². The van der Waals surface area contributed by atoms with Crippen molar-refractivity contribution >= 4 is 39.4 Å². The maximum atomic E-state index is 12.4. The van der Waals surface area contributed by atoms with Crippen molar-refractivity contribution in [3.63, 3.8) is 0 Å². The number of benzene rings is 1. The number of aromatic nitrogens is 3. The van der Waals surface area contributed by atoms with E-state index in [-0.39, 0.29) is 5.91 Å². The number of rotatable bonds is 5. The summed E-state index contributed by atoms with van der Waals surface area (Å²) >= 11 is 1.55. The lowest BCUT2D eigenvalue weighted by Gasteiger charge is -2.25. The molecule has 7 nitrogen and oxygen atoms in total. The number of ether oxygens (including phenoxy) is 1. The molecule has 0 aliphatic carbocycles. The molecule has 4 rings (SSSR count). The van der Waals surface area contributed by atoms with E-state index in [2.05, 4.69) is 44.1 Å². The molecule has 1 saturated heterocycles. The number of fused-ring (bicyclic) bond motifs is 1. The molecular formula is C21H23N5O2S. The lowest BCUT2D eigenvalue weighted by atomic mass is 9.98. The van der Waals surface area contributed by atoms with Gasteiger partial charge < -0.3 is 10.1 Å². The van der Waals surface area contributed by atoms with Crippen LogP contribution in [0.25, 0.3) is 26.9 Å². The van der Waals surface area contributed by atoms with Crippen LogP contribution in [0.3, 0.4) is 0 Å². The van der Waals surface area contributed by atoms with Gasteiger partial charge in [0.2, 0.25) is 5.91 Å². The number of anilines is 1.